The molecule has 0 aromatic heterocycles. The molecule has 1 aliphatic rings. The van der Waals surface area contributed by atoms with Crippen molar-refractivity contribution in [3.05, 3.63) is 89.6 Å². The molecule has 29 heavy (non-hydrogen) atoms. The van der Waals surface area contributed by atoms with Crippen molar-refractivity contribution in [1.82, 2.24) is 0 Å². The van der Waals surface area contributed by atoms with E-state index in [4.69, 9.17) is 16.3 Å². The predicted molar refractivity (Wildman–Crippen MR) is 110 cm³/mol. The molecule has 0 saturated heterocycles. The van der Waals surface area contributed by atoms with Crippen molar-refractivity contribution in [2.24, 2.45) is 0 Å². The van der Waals surface area contributed by atoms with Crippen LogP contribution in [0.15, 0.2) is 89.6 Å². The molecule has 2 amide bonds. The topological polar surface area (TPSA) is 78.9 Å². The first-order valence-corrected chi connectivity index (χ1v) is 9.08. The third kappa shape index (κ3) is 3.79. The Morgan fingerprint density at radius 1 is 0.828 bits per heavy atom. The van der Waals surface area contributed by atoms with Crippen LogP contribution in [0.1, 0.15) is 0 Å². The number of nitrogens with zero attached hydrogens (tertiary/aromatic N) is 1. The molecule has 0 atom stereocenters. The number of nitrogens with one attached hydrogen (secondary N) is 1. The maximum atomic E-state index is 12.8. The van der Waals surface area contributed by atoms with E-state index in [2.05, 4.69) is 5.32 Å². The van der Waals surface area contributed by atoms with Gasteiger partial charge in [-0.2, -0.15) is 0 Å². The van der Waals surface area contributed by atoms with E-state index >= 15 is 0 Å². The van der Waals surface area contributed by atoms with Crippen LogP contribution in [-0.4, -0.2) is 16.9 Å². The molecule has 3 aromatic rings. The molecule has 144 valence electrons. The van der Waals surface area contributed by atoms with Gasteiger partial charge in [-0.15, -0.1) is 0 Å². The number of phenolic OH excluding ortho intramolecular Hbond substituents is 1. The molecule has 3 aromatic carbocycles. The first kappa shape index (κ1) is 18.6. The third-order valence-electron chi connectivity index (χ3n) is 4.22. The van der Waals surface area contributed by atoms with Crippen LogP contribution in [0, 0.1) is 0 Å². The van der Waals surface area contributed by atoms with E-state index in [0.29, 0.717) is 22.9 Å². The smallest absolute Gasteiger partial charge is 0.283 e. The molecule has 0 fully saturated rings. The fourth-order valence-electron chi connectivity index (χ4n) is 2.86. The van der Waals surface area contributed by atoms with Crippen LogP contribution < -0.4 is 15.0 Å². The second kappa shape index (κ2) is 7.69. The lowest BCUT2D eigenvalue weighted by atomic mass is 10.2. The van der Waals surface area contributed by atoms with Gasteiger partial charge in [0.2, 0.25) is 0 Å². The van der Waals surface area contributed by atoms with Gasteiger partial charge in [-0.05, 0) is 48.5 Å². The SMILES string of the molecule is O=C1C(Cl)=C(Nc2cccc(O)c2)C(=O)N1c1ccc(Oc2ccccc2)cc1. The van der Waals surface area contributed by atoms with Crippen LogP contribution in [0.4, 0.5) is 11.4 Å². The van der Waals surface area contributed by atoms with Gasteiger partial charge in [-0.25, -0.2) is 4.90 Å². The molecule has 0 unspecified atom stereocenters. The number of hydrogen-bond donors (Lipinski definition) is 2. The number of para-hydroxylation sites is 1. The van der Waals surface area contributed by atoms with Crippen molar-refractivity contribution in [3.8, 4) is 17.2 Å². The Balaban J connectivity index is 1.53. The van der Waals surface area contributed by atoms with E-state index < -0.39 is 11.8 Å². The van der Waals surface area contributed by atoms with Crippen molar-refractivity contribution in [2.45, 2.75) is 0 Å². The summed E-state index contributed by atoms with van der Waals surface area (Å²) in [6.07, 6.45) is 0. The molecule has 4 rings (SSSR count). The van der Waals surface area contributed by atoms with Gasteiger partial charge >= 0.3 is 0 Å². The average Bonchev–Trinajstić information content (AvgIpc) is 2.93. The number of anilines is 2. The number of aromatic hydroxyl groups is 1. The van der Waals surface area contributed by atoms with Crippen LogP contribution in [0.5, 0.6) is 17.2 Å². The molecule has 1 aliphatic heterocycles. The Labute approximate surface area is 171 Å². The summed E-state index contributed by atoms with van der Waals surface area (Å²) in [5, 5.41) is 12.2. The second-order valence-electron chi connectivity index (χ2n) is 6.22. The van der Waals surface area contributed by atoms with Gasteiger partial charge in [-0.3, -0.25) is 9.59 Å². The summed E-state index contributed by atoms with van der Waals surface area (Å²) in [5.41, 5.74) is 0.755. The number of halogens is 1. The van der Waals surface area contributed by atoms with E-state index in [9.17, 15) is 14.7 Å². The maximum Gasteiger partial charge on any atom is 0.283 e. The fraction of sp³-hybridized carbons (Fsp3) is 0. The summed E-state index contributed by atoms with van der Waals surface area (Å²) >= 11 is 6.11. The van der Waals surface area contributed by atoms with Crippen molar-refractivity contribution in [1.29, 1.82) is 0 Å². The van der Waals surface area contributed by atoms with Gasteiger partial charge in [0.25, 0.3) is 11.8 Å². The minimum absolute atomic E-state index is 0.0226. The minimum atomic E-state index is -0.629. The van der Waals surface area contributed by atoms with E-state index in [1.807, 2.05) is 30.3 Å². The van der Waals surface area contributed by atoms with E-state index in [1.54, 1.807) is 36.4 Å². The monoisotopic (exact) mass is 406 g/mol. The summed E-state index contributed by atoms with van der Waals surface area (Å²) in [4.78, 5) is 26.3. The van der Waals surface area contributed by atoms with Crippen LogP contribution >= 0.6 is 11.6 Å². The molecule has 2 N–H and O–H groups in total. The van der Waals surface area contributed by atoms with Crippen molar-refractivity contribution >= 4 is 34.8 Å². The molecule has 7 heteroatoms. The molecule has 1 heterocycles. The van der Waals surface area contributed by atoms with Crippen molar-refractivity contribution < 1.29 is 19.4 Å². The molecule has 0 bridgehead atoms. The number of carbonyl (C=O) groups is 2. The number of hydrogen-bond acceptors (Lipinski definition) is 5. The number of carbonyl (C=O) groups excluding carboxylic acids is 2. The Morgan fingerprint density at radius 3 is 2.21 bits per heavy atom. The number of ether oxygens (including phenoxy) is 1. The third-order valence-corrected chi connectivity index (χ3v) is 4.57. The first-order chi connectivity index (χ1) is 14.0. The Bertz CT molecular complexity index is 1110. The highest BCUT2D eigenvalue weighted by atomic mass is 35.5. The number of imide groups is 1. The van der Waals surface area contributed by atoms with Crippen LogP contribution in [0.25, 0.3) is 0 Å². The van der Waals surface area contributed by atoms with Crippen LogP contribution in [0.2, 0.25) is 0 Å². The van der Waals surface area contributed by atoms with E-state index in [0.717, 1.165) is 4.90 Å². The van der Waals surface area contributed by atoms with E-state index in [-0.39, 0.29) is 16.5 Å². The first-order valence-electron chi connectivity index (χ1n) is 8.70. The van der Waals surface area contributed by atoms with Gasteiger partial charge < -0.3 is 15.2 Å². The molecule has 0 spiro atoms. The largest absolute Gasteiger partial charge is 0.508 e. The van der Waals surface area contributed by atoms with E-state index in [1.165, 1.54) is 12.1 Å². The van der Waals surface area contributed by atoms with Gasteiger partial charge in [-0.1, -0.05) is 35.9 Å². The average molecular weight is 407 g/mol. The van der Waals surface area contributed by atoms with Crippen molar-refractivity contribution in [3.63, 3.8) is 0 Å². The quantitative estimate of drug-likeness (QED) is 0.604. The van der Waals surface area contributed by atoms with Gasteiger partial charge in [0.15, 0.2) is 0 Å². The molecular weight excluding hydrogens is 392 g/mol. The second-order valence-corrected chi connectivity index (χ2v) is 6.60. The molecule has 0 radical (unpaired) electrons. The maximum absolute atomic E-state index is 12.8. The zero-order valence-corrected chi connectivity index (χ0v) is 15.8. The lowest BCUT2D eigenvalue weighted by Gasteiger charge is -2.16. The molecule has 6 nitrogen and oxygen atoms in total. The minimum Gasteiger partial charge on any atom is -0.508 e. The van der Waals surface area contributed by atoms with Gasteiger partial charge in [0, 0.05) is 11.8 Å². The Morgan fingerprint density at radius 2 is 1.52 bits per heavy atom. The predicted octanol–water partition coefficient (Wildman–Crippen LogP) is 4.62. The summed E-state index contributed by atoms with van der Waals surface area (Å²) in [6, 6.07) is 22.0. The van der Waals surface area contributed by atoms with Crippen LogP contribution in [-0.2, 0) is 9.59 Å². The highest BCUT2D eigenvalue weighted by molar-refractivity contribution is 6.53. The Kier molecular flexibility index (Phi) is 4.93. The fourth-order valence-corrected chi connectivity index (χ4v) is 3.07. The summed E-state index contributed by atoms with van der Waals surface area (Å²) in [7, 11) is 0. The van der Waals surface area contributed by atoms with Crippen LogP contribution in [0.3, 0.4) is 0 Å². The molecule has 0 aliphatic carbocycles. The summed E-state index contributed by atoms with van der Waals surface area (Å²) in [6.45, 7) is 0. The zero-order chi connectivity index (χ0) is 20.4. The Hall–Kier alpha value is -3.77. The lowest BCUT2D eigenvalue weighted by molar-refractivity contribution is -0.120. The molecule has 0 saturated carbocycles. The van der Waals surface area contributed by atoms with Crippen molar-refractivity contribution in [2.75, 3.05) is 10.2 Å². The normalized spacial score (nSPS) is 13.8. The zero-order valence-electron chi connectivity index (χ0n) is 15.0. The number of amides is 2. The number of phenols is 1. The molecular formula is C22H15ClN2O4. The summed E-state index contributed by atoms with van der Waals surface area (Å²) < 4.78 is 5.72. The number of rotatable bonds is 5. The standard InChI is InChI=1S/C22H15ClN2O4/c23-19-20(24-14-5-4-6-16(26)13-14)22(28)25(21(19)27)15-9-11-18(12-10-15)29-17-7-2-1-3-8-17/h1-13,24,26H. The van der Waals surface area contributed by atoms with Gasteiger partial charge in [0.05, 0.1) is 5.69 Å². The highest BCUT2D eigenvalue weighted by Crippen LogP contribution is 2.32. The van der Waals surface area contributed by atoms with Gasteiger partial charge in [0.1, 0.15) is 28.0 Å². The summed E-state index contributed by atoms with van der Waals surface area (Å²) in [5.74, 6) is 0.0533. The lowest BCUT2D eigenvalue weighted by Crippen LogP contribution is -2.32. The highest BCUT2D eigenvalue weighted by Gasteiger charge is 2.38. The number of benzene rings is 3.